The third-order valence-corrected chi connectivity index (χ3v) is 7.50. The Labute approximate surface area is 193 Å². The van der Waals surface area contributed by atoms with Crippen molar-refractivity contribution >= 4 is 21.9 Å². The van der Waals surface area contributed by atoms with Crippen LogP contribution in [0.1, 0.15) is 56.0 Å². The van der Waals surface area contributed by atoms with Gasteiger partial charge in [-0.2, -0.15) is 4.31 Å². The molecule has 1 fully saturated rings. The lowest BCUT2D eigenvalue weighted by atomic mass is 10.1. The molecule has 0 radical (unpaired) electrons. The molecule has 0 saturated carbocycles. The predicted octanol–water partition coefficient (Wildman–Crippen LogP) is 2.40. The van der Waals surface area contributed by atoms with Crippen molar-refractivity contribution in [2.24, 2.45) is 0 Å². The van der Waals surface area contributed by atoms with E-state index in [1.165, 1.54) is 12.1 Å². The summed E-state index contributed by atoms with van der Waals surface area (Å²) < 4.78 is 43.1. The topological polar surface area (TPSA) is 122 Å². The molecule has 33 heavy (non-hydrogen) atoms. The van der Waals surface area contributed by atoms with Crippen LogP contribution in [0.4, 0.5) is 0 Å². The molecule has 2 atom stereocenters. The van der Waals surface area contributed by atoms with E-state index in [4.69, 9.17) is 13.6 Å². The zero-order chi connectivity index (χ0) is 24.0. The Morgan fingerprint density at radius 2 is 2.00 bits per heavy atom. The highest BCUT2D eigenvalue weighted by Gasteiger charge is 2.41. The number of esters is 1. The zero-order valence-corrected chi connectivity index (χ0v) is 20.0. The molecule has 1 aliphatic heterocycles. The standard InChI is InChI=1S/C22H31N3O7S/c1-4-24(5-2)17(18-10-8-14-31-18)15-23-21(26)16-9-7-13-25(16)33(28,29)20-12-11-19(32-20)22(27)30-6-3/h8,10-12,14,16-17H,4-7,9,13,15H2,1-3H3,(H,23,26). The second-order valence-electron chi connectivity index (χ2n) is 7.61. The highest BCUT2D eigenvalue weighted by Crippen LogP contribution is 2.28. The summed E-state index contributed by atoms with van der Waals surface area (Å²) in [6.07, 6.45) is 2.53. The smallest absolute Gasteiger partial charge is 0.374 e. The van der Waals surface area contributed by atoms with Gasteiger partial charge in [-0.1, -0.05) is 13.8 Å². The van der Waals surface area contributed by atoms with Crippen LogP contribution < -0.4 is 5.32 Å². The second-order valence-corrected chi connectivity index (χ2v) is 9.43. The Kier molecular flexibility index (Phi) is 8.33. The van der Waals surface area contributed by atoms with E-state index in [0.29, 0.717) is 12.8 Å². The first-order valence-electron chi connectivity index (χ1n) is 11.2. The molecule has 2 unspecified atom stereocenters. The Bertz CT molecular complexity index is 1030. The Balaban J connectivity index is 1.72. The van der Waals surface area contributed by atoms with E-state index in [1.54, 1.807) is 19.3 Å². The number of ether oxygens (including phenoxy) is 1. The SMILES string of the molecule is CCOC(=O)c1ccc(S(=O)(=O)N2CCCC2C(=O)NCC(c2ccco2)N(CC)CC)o1. The van der Waals surface area contributed by atoms with Gasteiger partial charge in [0.1, 0.15) is 11.8 Å². The first-order chi connectivity index (χ1) is 15.8. The molecule has 11 heteroatoms. The number of hydrogen-bond acceptors (Lipinski definition) is 8. The van der Waals surface area contributed by atoms with Gasteiger partial charge in [-0.3, -0.25) is 9.69 Å². The molecule has 0 bridgehead atoms. The summed E-state index contributed by atoms with van der Waals surface area (Å²) in [5.74, 6) is -0.583. The van der Waals surface area contributed by atoms with Crippen molar-refractivity contribution in [3.8, 4) is 0 Å². The van der Waals surface area contributed by atoms with E-state index in [-0.39, 0.29) is 42.5 Å². The normalized spacial score (nSPS) is 17.9. The molecule has 0 spiro atoms. The van der Waals surface area contributed by atoms with Gasteiger partial charge in [0.05, 0.1) is 18.9 Å². The van der Waals surface area contributed by atoms with Crippen LogP contribution in [0.3, 0.4) is 0 Å². The first-order valence-corrected chi connectivity index (χ1v) is 12.6. The quantitative estimate of drug-likeness (QED) is 0.486. The minimum atomic E-state index is -4.10. The minimum Gasteiger partial charge on any atom is -0.468 e. The molecular formula is C22H31N3O7S. The largest absolute Gasteiger partial charge is 0.468 e. The van der Waals surface area contributed by atoms with Crippen molar-refractivity contribution in [3.05, 3.63) is 42.0 Å². The third kappa shape index (κ3) is 5.48. The molecule has 1 N–H and O–H groups in total. The number of carbonyl (C=O) groups excluding carboxylic acids is 2. The van der Waals surface area contributed by atoms with E-state index >= 15 is 0 Å². The van der Waals surface area contributed by atoms with Gasteiger partial charge < -0.3 is 18.9 Å². The molecule has 1 saturated heterocycles. The number of hydrogen-bond donors (Lipinski definition) is 1. The van der Waals surface area contributed by atoms with Gasteiger partial charge >= 0.3 is 5.97 Å². The van der Waals surface area contributed by atoms with Crippen molar-refractivity contribution in [2.45, 2.75) is 50.8 Å². The molecular weight excluding hydrogens is 450 g/mol. The summed E-state index contributed by atoms with van der Waals surface area (Å²) in [6, 6.07) is 5.10. The van der Waals surface area contributed by atoms with Gasteiger partial charge in [0.2, 0.25) is 16.8 Å². The summed E-state index contributed by atoms with van der Waals surface area (Å²) in [5, 5.41) is 2.52. The summed E-state index contributed by atoms with van der Waals surface area (Å²) in [6.45, 7) is 7.84. The number of amides is 1. The third-order valence-electron chi connectivity index (χ3n) is 5.72. The average Bonchev–Trinajstić information content (AvgIpc) is 3.57. The van der Waals surface area contributed by atoms with Gasteiger partial charge in [0.25, 0.3) is 10.0 Å². The Morgan fingerprint density at radius 1 is 1.24 bits per heavy atom. The number of carbonyl (C=O) groups is 2. The molecule has 0 aliphatic carbocycles. The molecule has 0 aromatic carbocycles. The average molecular weight is 482 g/mol. The lowest BCUT2D eigenvalue weighted by Crippen LogP contribution is -2.48. The first kappa shape index (κ1) is 25.0. The van der Waals surface area contributed by atoms with E-state index in [0.717, 1.165) is 23.2 Å². The van der Waals surface area contributed by atoms with Gasteiger partial charge in [-0.05, 0) is 57.1 Å². The Hall–Kier alpha value is -2.63. The van der Waals surface area contributed by atoms with Crippen LogP contribution in [0.15, 0.2) is 44.5 Å². The van der Waals surface area contributed by atoms with Gasteiger partial charge in [-0.15, -0.1) is 0 Å². The molecule has 182 valence electrons. The fraction of sp³-hybridized carbons (Fsp3) is 0.545. The van der Waals surface area contributed by atoms with Crippen molar-refractivity contribution in [1.29, 1.82) is 0 Å². The summed E-state index contributed by atoms with van der Waals surface area (Å²) in [4.78, 5) is 27.0. The van der Waals surface area contributed by atoms with Gasteiger partial charge in [0.15, 0.2) is 0 Å². The molecule has 10 nitrogen and oxygen atoms in total. The molecule has 3 rings (SSSR count). The number of nitrogens with zero attached hydrogens (tertiary/aromatic N) is 2. The van der Waals surface area contributed by atoms with E-state index in [2.05, 4.69) is 10.2 Å². The highest BCUT2D eigenvalue weighted by molar-refractivity contribution is 7.89. The van der Waals surface area contributed by atoms with Crippen molar-refractivity contribution in [2.75, 3.05) is 32.8 Å². The summed E-state index contributed by atoms with van der Waals surface area (Å²) in [5.41, 5.74) is 0. The monoisotopic (exact) mass is 481 g/mol. The number of sulfonamides is 1. The van der Waals surface area contributed by atoms with Gasteiger partial charge in [-0.25, -0.2) is 13.2 Å². The lowest BCUT2D eigenvalue weighted by Gasteiger charge is -2.29. The van der Waals surface area contributed by atoms with Crippen molar-refractivity contribution in [1.82, 2.24) is 14.5 Å². The number of rotatable bonds is 11. The van der Waals surface area contributed by atoms with E-state index in [9.17, 15) is 18.0 Å². The number of furan rings is 2. The van der Waals surface area contributed by atoms with Crippen LogP contribution in [-0.2, 0) is 19.6 Å². The lowest BCUT2D eigenvalue weighted by molar-refractivity contribution is -0.124. The van der Waals surface area contributed by atoms with Crippen LogP contribution in [-0.4, -0.2) is 68.3 Å². The predicted molar refractivity (Wildman–Crippen MR) is 119 cm³/mol. The molecule has 3 heterocycles. The fourth-order valence-electron chi connectivity index (χ4n) is 4.05. The van der Waals surface area contributed by atoms with Crippen LogP contribution in [0.2, 0.25) is 0 Å². The van der Waals surface area contributed by atoms with E-state index < -0.39 is 22.0 Å². The van der Waals surface area contributed by atoms with Crippen LogP contribution >= 0.6 is 0 Å². The van der Waals surface area contributed by atoms with Crippen molar-refractivity contribution in [3.63, 3.8) is 0 Å². The molecule has 2 aromatic heterocycles. The number of likely N-dealkylation sites (N-methyl/N-ethyl adjacent to an activating group) is 1. The van der Waals surface area contributed by atoms with Crippen molar-refractivity contribution < 1.29 is 31.6 Å². The number of nitrogens with one attached hydrogen (secondary N) is 1. The van der Waals surface area contributed by atoms with E-state index in [1.807, 2.05) is 19.9 Å². The molecule has 2 aromatic rings. The molecule has 1 amide bonds. The maximum Gasteiger partial charge on any atom is 0.374 e. The minimum absolute atomic E-state index is 0.141. The maximum absolute atomic E-state index is 13.1. The maximum atomic E-state index is 13.1. The van der Waals surface area contributed by atoms with Crippen LogP contribution in [0.25, 0.3) is 0 Å². The van der Waals surface area contributed by atoms with Gasteiger partial charge in [0, 0.05) is 13.1 Å². The summed E-state index contributed by atoms with van der Waals surface area (Å²) in [7, 11) is -4.10. The summed E-state index contributed by atoms with van der Waals surface area (Å²) >= 11 is 0. The highest BCUT2D eigenvalue weighted by atomic mass is 32.2. The zero-order valence-electron chi connectivity index (χ0n) is 19.2. The fourth-order valence-corrected chi connectivity index (χ4v) is 5.62. The van der Waals surface area contributed by atoms with Crippen LogP contribution in [0, 0.1) is 0 Å². The Morgan fingerprint density at radius 3 is 2.64 bits per heavy atom. The second kappa shape index (κ2) is 11.0. The van der Waals surface area contributed by atoms with Crippen LogP contribution in [0.5, 0.6) is 0 Å². The molecule has 1 aliphatic rings.